The molecule has 2 nitrogen and oxygen atoms in total. The van der Waals surface area contributed by atoms with Gasteiger partial charge < -0.3 is 9.67 Å². The van der Waals surface area contributed by atoms with Gasteiger partial charge in [-0.3, -0.25) is 0 Å². The number of alkyl halides is 3. The quantitative estimate of drug-likeness (QED) is 0.869. The Hall–Kier alpha value is -1.36. The minimum atomic E-state index is -4.54. The summed E-state index contributed by atoms with van der Waals surface area (Å²) in [6, 6.07) is 2.29. The first kappa shape index (κ1) is 12.7. The van der Waals surface area contributed by atoms with Crippen LogP contribution in [0.1, 0.15) is 18.4 Å². The fourth-order valence-corrected chi connectivity index (χ4v) is 2.52. The molecule has 0 saturated heterocycles. The molecule has 1 N–H and O–H groups in total. The van der Waals surface area contributed by atoms with Crippen LogP contribution in [0.15, 0.2) is 18.3 Å². The fraction of sp³-hybridized carbons (Fsp3) is 0.385. The lowest BCUT2D eigenvalue weighted by atomic mass is 10.1. The molecule has 0 amide bonds. The van der Waals surface area contributed by atoms with E-state index in [1.165, 1.54) is 16.8 Å². The molecule has 1 saturated carbocycles. The topological polar surface area (TPSA) is 25.2 Å². The van der Waals surface area contributed by atoms with Gasteiger partial charge in [0.1, 0.15) is 0 Å². The van der Waals surface area contributed by atoms with E-state index in [0.29, 0.717) is 17.8 Å². The number of hydrogen-bond acceptors (Lipinski definition) is 1. The van der Waals surface area contributed by atoms with E-state index >= 15 is 0 Å². The molecule has 6 heteroatoms. The highest BCUT2D eigenvalue weighted by Crippen LogP contribution is 2.42. The summed E-state index contributed by atoms with van der Waals surface area (Å²) in [7, 11) is 0. The molecule has 1 fully saturated rings. The molecule has 0 radical (unpaired) electrons. The first-order valence-electron chi connectivity index (χ1n) is 5.95. The molecule has 3 rings (SSSR count). The van der Waals surface area contributed by atoms with E-state index in [0.717, 1.165) is 18.9 Å². The third kappa shape index (κ3) is 2.27. The number of nitrogens with zero attached hydrogens (tertiary/aromatic N) is 1. The van der Waals surface area contributed by atoms with Gasteiger partial charge in [0.2, 0.25) is 0 Å². The molecule has 1 heterocycles. The Labute approximate surface area is 112 Å². The Bertz CT molecular complexity index is 643. The molecule has 1 aromatic carbocycles. The summed E-state index contributed by atoms with van der Waals surface area (Å²) in [6.07, 6.45) is -0.891. The first-order valence-corrected chi connectivity index (χ1v) is 6.32. The van der Waals surface area contributed by atoms with Crippen molar-refractivity contribution < 1.29 is 18.3 Å². The third-order valence-electron chi connectivity index (χ3n) is 3.38. The van der Waals surface area contributed by atoms with Crippen molar-refractivity contribution >= 4 is 22.4 Å². The molecule has 19 heavy (non-hydrogen) atoms. The van der Waals surface area contributed by atoms with Gasteiger partial charge in [0.15, 0.2) is 5.88 Å². The molecule has 102 valence electrons. The summed E-state index contributed by atoms with van der Waals surface area (Å²) in [4.78, 5) is 0. The van der Waals surface area contributed by atoms with Crippen LogP contribution in [0.2, 0.25) is 5.02 Å². The van der Waals surface area contributed by atoms with E-state index in [4.69, 9.17) is 11.6 Å². The maximum absolute atomic E-state index is 13.0. The number of halogens is 4. The summed E-state index contributed by atoms with van der Waals surface area (Å²) in [5, 5.41) is 10.2. The molecule has 0 aliphatic heterocycles. The van der Waals surface area contributed by atoms with Crippen LogP contribution in [0.3, 0.4) is 0 Å². The molecule has 0 spiro atoms. The Morgan fingerprint density at radius 3 is 2.58 bits per heavy atom. The zero-order chi connectivity index (χ0) is 13.8. The molecule has 2 aromatic rings. The van der Waals surface area contributed by atoms with E-state index in [1.807, 2.05) is 0 Å². The lowest BCUT2D eigenvalue weighted by Gasteiger charge is -2.09. The summed E-state index contributed by atoms with van der Waals surface area (Å²) in [6.45, 7) is 0.551. The van der Waals surface area contributed by atoms with Crippen molar-refractivity contribution in [2.45, 2.75) is 25.6 Å². The highest BCUT2D eigenvalue weighted by atomic mass is 35.5. The SMILES string of the molecule is Oc1c2c(C(F)(F)F)cc(Cl)cc2cn1CC1CC1. The predicted molar refractivity (Wildman–Crippen MR) is 66.3 cm³/mol. The van der Waals surface area contributed by atoms with Gasteiger partial charge in [-0.2, -0.15) is 13.2 Å². The van der Waals surface area contributed by atoms with Crippen molar-refractivity contribution in [3.8, 4) is 5.88 Å². The Morgan fingerprint density at radius 2 is 2.00 bits per heavy atom. The molecule has 0 bridgehead atoms. The first-order chi connectivity index (χ1) is 8.86. The van der Waals surface area contributed by atoms with Gasteiger partial charge >= 0.3 is 6.18 Å². The summed E-state index contributed by atoms with van der Waals surface area (Å²) >= 11 is 5.72. The molecular weight excluding hydrogens is 279 g/mol. The number of fused-ring (bicyclic) bond motifs is 1. The van der Waals surface area contributed by atoms with Gasteiger partial charge in [-0.15, -0.1) is 0 Å². The van der Waals surface area contributed by atoms with E-state index in [-0.39, 0.29) is 16.3 Å². The van der Waals surface area contributed by atoms with Crippen molar-refractivity contribution in [2.75, 3.05) is 0 Å². The second kappa shape index (κ2) is 4.07. The molecule has 1 aliphatic rings. The summed E-state index contributed by atoms with van der Waals surface area (Å²) < 4.78 is 40.4. The zero-order valence-corrected chi connectivity index (χ0v) is 10.6. The lowest BCUT2D eigenvalue weighted by Crippen LogP contribution is -2.05. The van der Waals surface area contributed by atoms with Crippen LogP contribution in [-0.2, 0) is 12.7 Å². The normalized spacial score (nSPS) is 16.2. The van der Waals surface area contributed by atoms with Gasteiger partial charge in [-0.25, -0.2) is 0 Å². The molecule has 0 atom stereocenters. The van der Waals surface area contributed by atoms with E-state index in [9.17, 15) is 18.3 Å². The minimum absolute atomic E-state index is 0.0170. The number of aromatic nitrogens is 1. The molecule has 1 aromatic heterocycles. The Balaban J connectivity index is 2.21. The number of benzene rings is 1. The monoisotopic (exact) mass is 289 g/mol. The second-order valence-corrected chi connectivity index (χ2v) is 5.40. The fourth-order valence-electron chi connectivity index (χ4n) is 2.29. The third-order valence-corrected chi connectivity index (χ3v) is 3.60. The van der Waals surface area contributed by atoms with E-state index in [1.54, 1.807) is 0 Å². The van der Waals surface area contributed by atoms with Crippen LogP contribution < -0.4 is 0 Å². The molecular formula is C13H11ClF3NO. The van der Waals surface area contributed by atoms with Crippen LogP contribution in [0.25, 0.3) is 10.8 Å². The maximum Gasteiger partial charge on any atom is 0.417 e. The standard InChI is InChI=1S/C13H11ClF3NO/c14-9-3-8-6-18(5-7-1-2-7)12(19)11(8)10(4-9)13(15,16)17/h3-4,6-7,19H,1-2,5H2. The van der Waals surface area contributed by atoms with Crippen molar-refractivity contribution in [1.82, 2.24) is 4.57 Å². The van der Waals surface area contributed by atoms with Crippen molar-refractivity contribution in [3.05, 3.63) is 28.9 Å². The van der Waals surface area contributed by atoms with Crippen molar-refractivity contribution in [2.24, 2.45) is 5.92 Å². The van der Waals surface area contributed by atoms with Crippen LogP contribution in [0, 0.1) is 5.92 Å². The number of aromatic hydroxyl groups is 1. The number of rotatable bonds is 2. The van der Waals surface area contributed by atoms with Crippen LogP contribution in [0.5, 0.6) is 5.88 Å². The van der Waals surface area contributed by atoms with Gasteiger partial charge in [0, 0.05) is 23.2 Å². The highest BCUT2D eigenvalue weighted by Gasteiger charge is 2.35. The van der Waals surface area contributed by atoms with Crippen molar-refractivity contribution in [3.63, 3.8) is 0 Å². The van der Waals surface area contributed by atoms with Gasteiger partial charge in [0.05, 0.1) is 10.9 Å². The Morgan fingerprint density at radius 1 is 1.32 bits per heavy atom. The molecule has 1 aliphatic carbocycles. The van der Waals surface area contributed by atoms with Crippen molar-refractivity contribution in [1.29, 1.82) is 0 Å². The lowest BCUT2D eigenvalue weighted by molar-refractivity contribution is -0.136. The van der Waals surface area contributed by atoms with Gasteiger partial charge in [-0.05, 0) is 30.9 Å². The van der Waals surface area contributed by atoms with E-state index in [2.05, 4.69) is 0 Å². The predicted octanol–water partition coefficient (Wildman–Crippen LogP) is 4.43. The van der Waals surface area contributed by atoms with Crippen LogP contribution in [-0.4, -0.2) is 9.67 Å². The summed E-state index contributed by atoms with van der Waals surface area (Å²) in [5.41, 5.74) is -0.887. The van der Waals surface area contributed by atoms with Gasteiger partial charge in [0.25, 0.3) is 0 Å². The largest absolute Gasteiger partial charge is 0.494 e. The van der Waals surface area contributed by atoms with Gasteiger partial charge in [-0.1, -0.05) is 11.6 Å². The summed E-state index contributed by atoms with van der Waals surface area (Å²) in [5.74, 6) is 0.128. The van der Waals surface area contributed by atoms with Crippen LogP contribution >= 0.6 is 11.6 Å². The van der Waals surface area contributed by atoms with E-state index < -0.39 is 11.7 Å². The average Bonchev–Trinajstić information content (AvgIpc) is 3.04. The maximum atomic E-state index is 13.0. The number of hydrogen-bond donors (Lipinski definition) is 1. The zero-order valence-electron chi connectivity index (χ0n) is 9.84. The average molecular weight is 290 g/mol. The molecule has 0 unspecified atom stereocenters. The second-order valence-electron chi connectivity index (χ2n) is 4.96. The highest BCUT2D eigenvalue weighted by molar-refractivity contribution is 6.31. The Kier molecular flexibility index (Phi) is 2.71. The minimum Gasteiger partial charge on any atom is -0.494 e. The van der Waals surface area contributed by atoms with Crippen LogP contribution in [0.4, 0.5) is 13.2 Å². The smallest absolute Gasteiger partial charge is 0.417 e.